The van der Waals surface area contributed by atoms with E-state index >= 15 is 0 Å². The lowest BCUT2D eigenvalue weighted by atomic mass is 10.1. The van der Waals surface area contributed by atoms with Crippen molar-refractivity contribution >= 4 is 27.8 Å². The van der Waals surface area contributed by atoms with Crippen molar-refractivity contribution in [3.63, 3.8) is 0 Å². The molecule has 1 aromatic carbocycles. The molecule has 0 spiro atoms. The summed E-state index contributed by atoms with van der Waals surface area (Å²) in [5.74, 6) is -0.644. The van der Waals surface area contributed by atoms with Crippen LogP contribution in [0, 0.1) is 0 Å². The number of rotatable bonds is 9. The summed E-state index contributed by atoms with van der Waals surface area (Å²) in [6.45, 7) is -0.177. The third-order valence-corrected chi connectivity index (χ3v) is 4.54. The monoisotopic (exact) mass is 407 g/mol. The number of anilines is 1. The van der Waals surface area contributed by atoms with Crippen LogP contribution >= 0.6 is 0 Å². The average Bonchev–Trinajstić information content (AvgIpc) is 2.67. The molecule has 0 aliphatic carbocycles. The van der Waals surface area contributed by atoms with Gasteiger partial charge in [-0.1, -0.05) is 12.1 Å². The van der Waals surface area contributed by atoms with E-state index in [-0.39, 0.29) is 11.4 Å². The van der Waals surface area contributed by atoms with Crippen LogP contribution in [0.1, 0.15) is 5.56 Å². The molecule has 0 aliphatic heterocycles. The highest BCUT2D eigenvalue weighted by atomic mass is 32.2. The standard InChI is InChI=1S/C17H21N5O5S/c1-22(17-20-8-2-9-21-17)11-16(24)27-12-15(23)19-10-7-13-3-5-14(6-4-13)28(18,25)26/h2-6,8-9H,7,10-12H2,1H3,(H,19,23)(H2,18,25,26). The number of carbonyl (C=O) groups is 2. The van der Waals surface area contributed by atoms with Crippen LogP contribution in [-0.2, 0) is 30.8 Å². The zero-order valence-electron chi connectivity index (χ0n) is 15.2. The fourth-order valence-electron chi connectivity index (χ4n) is 2.19. The minimum atomic E-state index is -3.73. The van der Waals surface area contributed by atoms with E-state index in [0.29, 0.717) is 18.9 Å². The van der Waals surface area contributed by atoms with Crippen LogP contribution in [0.4, 0.5) is 5.95 Å². The van der Waals surface area contributed by atoms with Gasteiger partial charge in [0, 0.05) is 26.0 Å². The summed E-state index contributed by atoms with van der Waals surface area (Å²) in [6, 6.07) is 7.71. The molecule has 0 saturated heterocycles. The number of hydrogen-bond acceptors (Lipinski definition) is 8. The van der Waals surface area contributed by atoms with Crippen molar-refractivity contribution in [3.8, 4) is 0 Å². The fraction of sp³-hybridized carbons (Fsp3) is 0.294. The Labute approximate surface area is 162 Å². The van der Waals surface area contributed by atoms with Gasteiger partial charge in [-0.25, -0.2) is 23.5 Å². The number of primary sulfonamides is 1. The maximum Gasteiger partial charge on any atom is 0.326 e. The zero-order chi connectivity index (χ0) is 20.6. The quantitative estimate of drug-likeness (QED) is 0.527. The highest BCUT2D eigenvalue weighted by Crippen LogP contribution is 2.08. The first kappa shape index (κ1) is 21.3. The van der Waals surface area contributed by atoms with Gasteiger partial charge < -0.3 is 15.0 Å². The smallest absolute Gasteiger partial charge is 0.326 e. The maximum atomic E-state index is 11.8. The molecule has 0 unspecified atom stereocenters. The average molecular weight is 407 g/mol. The second-order valence-electron chi connectivity index (χ2n) is 5.85. The van der Waals surface area contributed by atoms with Crippen molar-refractivity contribution in [3.05, 3.63) is 48.3 Å². The third-order valence-electron chi connectivity index (χ3n) is 3.61. The van der Waals surface area contributed by atoms with E-state index in [2.05, 4.69) is 15.3 Å². The molecule has 11 heteroatoms. The first-order chi connectivity index (χ1) is 13.3. The van der Waals surface area contributed by atoms with Gasteiger partial charge in [0.05, 0.1) is 4.90 Å². The van der Waals surface area contributed by atoms with Crippen LogP contribution in [0.25, 0.3) is 0 Å². The molecule has 150 valence electrons. The van der Waals surface area contributed by atoms with Crippen LogP contribution in [0.3, 0.4) is 0 Å². The van der Waals surface area contributed by atoms with Gasteiger partial charge in [0.15, 0.2) is 6.61 Å². The Kier molecular flexibility index (Phi) is 7.41. The first-order valence-corrected chi connectivity index (χ1v) is 9.82. The summed E-state index contributed by atoms with van der Waals surface area (Å²) in [5, 5.41) is 7.65. The molecule has 1 aromatic heterocycles. The Morgan fingerprint density at radius 2 is 1.82 bits per heavy atom. The van der Waals surface area contributed by atoms with Gasteiger partial charge in [-0.15, -0.1) is 0 Å². The number of amides is 1. The lowest BCUT2D eigenvalue weighted by molar-refractivity contribution is -0.147. The number of likely N-dealkylation sites (N-methyl/N-ethyl adjacent to an activating group) is 1. The minimum absolute atomic E-state index is 0.0260. The molecule has 1 amide bonds. The van der Waals surface area contributed by atoms with E-state index in [9.17, 15) is 18.0 Å². The molecule has 2 aromatic rings. The maximum absolute atomic E-state index is 11.8. The number of ether oxygens (including phenoxy) is 1. The molecular formula is C17H21N5O5S. The number of nitrogens with two attached hydrogens (primary N) is 1. The largest absolute Gasteiger partial charge is 0.454 e. The van der Waals surface area contributed by atoms with Gasteiger partial charge in [0.2, 0.25) is 16.0 Å². The molecule has 2 rings (SSSR count). The zero-order valence-corrected chi connectivity index (χ0v) is 16.1. The number of nitrogens with zero attached hydrogens (tertiary/aromatic N) is 3. The second-order valence-corrected chi connectivity index (χ2v) is 7.42. The lowest BCUT2D eigenvalue weighted by Crippen LogP contribution is -2.33. The van der Waals surface area contributed by atoms with E-state index in [0.717, 1.165) is 5.56 Å². The van der Waals surface area contributed by atoms with Crippen LogP contribution in [-0.4, -0.2) is 57.0 Å². The van der Waals surface area contributed by atoms with Gasteiger partial charge in [-0.05, 0) is 30.2 Å². The summed E-state index contributed by atoms with van der Waals surface area (Å²) in [4.78, 5) is 33.1. The van der Waals surface area contributed by atoms with Crippen molar-refractivity contribution < 1.29 is 22.7 Å². The van der Waals surface area contributed by atoms with Crippen molar-refractivity contribution in [2.24, 2.45) is 5.14 Å². The molecule has 28 heavy (non-hydrogen) atoms. The molecule has 0 aliphatic rings. The number of carbonyl (C=O) groups excluding carboxylic acids is 2. The molecule has 10 nitrogen and oxygen atoms in total. The summed E-state index contributed by atoms with van der Waals surface area (Å²) < 4.78 is 27.3. The molecule has 0 fully saturated rings. The number of hydrogen-bond donors (Lipinski definition) is 2. The van der Waals surface area contributed by atoms with E-state index in [1.165, 1.54) is 17.0 Å². The van der Waals surface area contributed by atoms with Gasteiger partial charge in [-0.3, -0.25) is 9.59 Å². The van der Waals surface area contributed by atoms with E-state index < -0.39 is 28.5 Å². The fourth-order valence-corrected chi connectivity index (χ4v) is 2.70. The molecule has 0 radical (unpaired) electrons. The summed E-state index contributed by atoms with van der Waals surface area (Å²) in [6.07, 6.45) is 3.60. The molecular weight excluding hydrogens is 386 g/mol. The van der Waals surface area contributed by atoms with E-state index in [4.69, 9.17) is 9.88 Å². The van der Waals surface area contributed by atoms with Gasteiger partial charge in [-0.2, -0.15) is 0 Å². The van der Waals surface area contributed by atoms with Gasteiger partial charge >= 0.3 is 5.97 Å². The Morgan fingerprint density at radius 3 is 2.43 bits per heavy atom. The third kappa shape index (κ3) is 6.93. The van der Waals surface area contributed by atoms with Crippen LogP contribution in [0.15, 0.2) is 47.6 Å². The Morgan fingerprint density at radius 1 is 1.18 bits per heavy atom. The Bertz CT molecular complexity index is 903. The first-order valence-electron chi connectivity index (χ1n) is 8.28. The van der Waals surface area contributed by atoms with Crippen molar-refractivity contribution in [1.29, 1.82) is 0 Å². The lowest BCUT2D eigenvalue weighted by Gasteiger charge is -2.15. The topological polar surface area (TPSA) is 145 Å². The number of esters is 1. The molecule has 0 saturated carbocycles. The van der Waals surface area contributed by atoms with Crippen LogP contribution in [0.5, 0.6) is 0 Å². The van der Waals surface area contributed by atoms with E-state index in [1.54, 1.807) is 37.6 Å². The predicted molar refractivity (Wildman–Crippen MR) is 101 cm³/mol. The van der Waals surface area contributed by atoms with Crippen molar-refractivity contribution in [2.45, 2.75) is 11.3 Å². The number of sulfonamides is 1. The number of aromatic nitrogens is 2. The van der Waals surface area contributed by atoms with E-state index in [1.807, 2.05) is 0 Å². The SMILES string of the molecule is CN(CC(=O)OCC(=O)NCCc1ccc(S(N)(=O)=O)cc1)c1ncccn1. The summed E-state index contributed by atoms with van der Waals surface area (Å²) >= 11 is 0. The normalized spacial score (nSPS) is 10.9. The molecule has 0 atom stereocenters. The summed E-state index contributed by atoms with van der Waals surface area (Å²) in [5.41, 5.74) is 0.828. The summed E-state index contributed by atoms with van der Waals surface area (Å²) in [7, 11) is -2.09. The predicted octanol–water partition coefficient (Wildman–Crippen LogP) is -0.538. The second kappa shape index (κ2) is 9.76. The Balaban J connectivity index is 1.67. The van der Waals surface area contributed by atoms with Crippen LogP contribution in [0.2, 0.25) is 0 Å². The molecule has 1 heterocycles. The number of nitrogens with one attached hydrogen (secondary N) is 1. The highest BCUT2D eigenvalue weighted by molar-refractivity contribution is 7.89. The molecule has 0 bridgehead atoms. The Hall–Kier alpha value is -3.05. The van der Waals surface area contributed by atoms with Gasteiger partial charge in [0.25, 0.3) is 5.91 Å². The van der Waals surface area contributed by atoms with Crippen molar-refractivity contribution in [1.82, 2.24) is 15.3 Å². The van der Waals surface area contributed by atoms with Crippen molar-refractivity contribution in [2.75, 3.05) is 31.6 Å². The minimum Gasteiger partial charge on any atom is -0.454 e. The van der Waals surface area contributed by atoms with Crippen LogP contribution < -0.4 is 15.4 Å². The highest BCUT2D eigenvalue weighted by Gasteiger charge is 2.12. The molecule has 3 N–H and O–H groups in total. The number of benzene rings is 1. The van der Waals surface area contributed by atoms with Gasteiger partial charge in [0.1, 0.15) is 6.54 Å².